The van der Waals surface area contributed by atoms with Crippen LogP contribution in [0.15, 0.2) is 12.1 Å². The van der Waals surface area contributed by atoms with Crippen LogP contribution in [0.1, 0.15) is 16.8 Å². The Bertz CT molecular complexity index is 441. The number of rotatable bonds is 7. The van der Waals surface area contributed by atoms with Crippen molar-refractivity contribution in [1.82, 2.24) is 5.32 Å². The number of ether oxygens (including phenoxy) is 1. The van der Waals surface area contributed by atoms with Gasteiger partial charge in [0.25, 0.3) is 5.91 Å². The lowest BCUT2D eigenvalue weighted by atomic mass is 10.1. The summed E-state index contributed by atoms with van der Waals surface area (Å²) in [7, 11) is 0. The zero-order valence-electron chi connectivity index (χ0n) is 10.3. The van der Waals surface area contributed by atoms with Gasteiger partial charge in [0.15, 0.2) is 5.82 Å². The quantitative estimate of drug-likeness (QED) is 0.504. The van der Waals surface area contributed by atoms with E-state index in [0.29, 0.717) is 13.0 Å². The maximum atomic E-state index is 13.5. The van der Waals surface area contributed by atoms with Crippen LogP contribution < -0.4 is 11.1 Å². The van der Waals surface area contributed by atoms with E-state index in [4.69, 9.17) is 15.6 Å². The van der Waals surface area contributed by atoms with E-state index in [1.54, 1.807) is 0 Å². The van der Waals surface area contributed by atoms with Gasteiger partial charge in [-0.05, 0) is 18.6 Å². The van der Waals surface area contributed by atoms with Gasteiger partial charge in [-0.2, -0.15) is 0 Å². The first kappa shape index (κ1) is 15.3. The number of hydrogen-bond donors (Lipinski definition) is 3. The van der Waals surface area contributed by atoms with Crippen molar-refractivity contribution in [2.75, 3.05) is 32.1 Å². The topological polar surface area (TPSA) is 84.6 Å². The molecule has 0 saturated heterocycles. The molecular weight excluding hydrogens is 258 g/mol. The number of halogens is 2. The van der Waals surface area contributed by atoms with E-state index in [0.717, 1.165) is 12.1 Å². The van der Waals surface area contributed by atoms with Crippen LogP contribution in [0.2, 0.25) is 0 Å². The van der Waals surface area contributed by atoms with Gasteiger partial charge in [0, 0.05) is 13.2 Å². The van der Waals surface area contributed by atoms with Crippen molar-refractivity contribution in [2.45, 2.75) is 6.42 Å². The fraction of sp³-hybridized carbons (Fsp3) is 0.417. The molecule has 19 heavy (non-hydrogen) atoms. The number of carbonyl (C=O) groups is 1. The SMILES string of the molecule is Nc1ccc(F)c(C(=O)NCCCOCCO)c1F. The Balaban J connectivity index is 2.48. The van der Waals surface area contributed by atoms with Gasteiger partial charge in [-0.15, -0.1) is 0 Å². The monoisotopic (exact) mass is 274 g/mol. The van der Waals surface area contributed by atoms with E-state index < -0.39 is 23.1 Å². The highest BCUT2D eigenvalue weighted by molar-refractivity contribution is 5.95. The van der Waals surface area contributed by atoms with Crippen LogP contribution in [0.25, 0.3) is 0 Å². The maximum absolute atomic E-state index is 13.5. The average molecular weight is 274 g/mol. The molecule has 0 bridgehead atoms. The Morgan fingerprint density at radius 2 is 2.11 bits per heavy atom. The minimum atomic E-state index is -1.06. The highest BCUT2D eigenvalue weighted by Crippen LogP contribution is 2.18. The largest absolute Gasteiger partial charge is 0.396 e. The Labute approximate surface area is 109 Å². The molecule has 0 aliphatic carbocycles. The third-order valence-corrected chi connectivity index (χ3v) is 2.33. The summed E-state index contributed by atoms with van der Waals surface area (Å²) in [5, 5.41) is 10.8. The zero-order valence-corrected chi connectivity index (χ0v) is 10.3. The van der Waals surface area contributed by atoms with Crippen molar-refractivity contribution in [1.29, 1.82) is 0 Å². The summed E-state index contributed by atoms with van der Waals surface area (Å²) in [5.74, 6) is -2.88. The number of aliphatic hydroxyl groups excluding tert-OH is 1. The summed E-state index contributed by atoms with van der Waals surface area (Å²) in [4.78, 5) is 11.6. The maximum Gasteiger partial charge on any atom is 0.257 e. The van der Waals surface area contributed by atoms with Crippen LogP contribution in [-0.4, -0.2) is 37.4 Å². The number of nitrogen functional groups attached to an aromatic ring is 1. The highest BCUT2D eigenvalue weighted by Gasteiger charge is 2.18. The summed E-state index contributed by atoms with van der Waals surface area (Å²) < 4.78 is 31.8. The van der Waals surface area contributed by atoms with Crippen LogP contribution in [0.5, 0.6) is 0 Å². The number of amides is 1. The van der Waals surface area contributed by atoms with Gasteiger partial charge in [-0.3, -0.25) is 4.79 Å². The number of hydrogen-bond acceptors (Lipinski definition) is 4. The predicted octanol–water partition coefficient (Wildman–Crippen LogP) is 0.676. The number of aliphatic hydroxyl groups is 1. The van der Waals surface area contributed by atoms with Crippen molar-refractivity contribution in [2.24, 2.45) is 0 Å². The van der Waals surface area contributed by atoms with Gasteiger partial charge in [-0.25, -0.2) is 8.78 Å². The van der Waals surface area contributed by atoms with Gasteiger partial charge in [0.05, 0.1) is 18.9 Å². The molecule has 0 radical (unpaired) electrons. The molecular formula is C12H16F2N2O3. The third kappa shape index (κ3) is 4.46. The lowest BCUT2D eigenvalue weighted by Gasteiger charge is -2.08. The second-order valence-electron chi connectivity index (χ2n) is 3.77. The highest BCUT2D eigenvalue weighted by atomic mass is 19.1. The van der Waals surface area contributed by atoms with Crippen molar-refractivity contribution in [3.63, 3.8) is 0 Å². The van der Waals surface area contributed by atoms with Crippen LogP contribution in [-0.2, 0) is 4.74 Å². The minimum absolute atomic E-state index is 0.0773. The van der Waals surface area contributed by atoms with E-state index in [1.807, 2.05) is 0 Å². The smallest absolute Gasteiger partial charge is 0.257 e. The predicted molar refractivity (Wildman–Crippen MR) is 65.6 cm³/mol. The lowest BCUT2D eigenvalue weighted by Crippen LogP contribution is -2.27. The molecule has 4 N–H and O–H groups in total. The van der Waals surface area contributed by atoms with Gasteiger partial charge < -0.3 is 20.9 Å². The fourth-order valence-electron chi connectivity index (χ4n) is 1.41. The van der Waals surface area contributed by atoms with E-state index in [2.05, 4.69) is 5.32 Å². The standard InChI is InChI=1S/C12H16F2N2O3/c13-8-2-3-9(15)11(14)10(8)12(18)16-4-1-6-19-7-5-17/h2-3,17H,1,4-7,15H2,(H,16,18). The van der Waals surface area contributed by atoms with Crippen LogP contribution in [0, 0.1) is 11.6 Å². The Morgan fingerprint density at radius 3 is 2.79 bits per heavy atom. The molecule has 0 unspecified atom stereocenters. The van der Waals surface area contributed by atoms with Crippen LogP contribution in [0.4, 0.5) is 14.5 Å². The zero-order chi connectivity index (χ0) is 14.3. The van der Waals surface area contributed by atoms with E-state index in [1.165, 1.54) is 0 Å². The van der Waals surface area contributed by atoms with E-state index in [-0.39, 0.29) is 25.4 Å². The summed E-state index contributed by atoms with van der Waals surface area (Å²) in [5.41, 5.74) is 4.31. The molecule has 1 amide bonds. The molecule has 0 saturated carbocycles. The van der Waals surface area contributed by atoms with Gasteiger partial charge in [-0.1, -0.05) is 0 Å². The van der Waals surface area contributed by atoms with Crippen molar-refractivity contribution in [3.8, 4) is 0 Å². The van der Waals surface area contributed by atoms with Crippen molar-refractivity contribution >= 4 is 11.6 Å². The van der Waals surface area contributed by atoms with Gasteiger partial charge in [0.1, 0.15) is 11.4 Å². The molecule has 0 spiro atoms. The summed E-state index contributed by atoms with van der Waals surface area (Å²) in [6, 6.07) is 2.00. The molecule has 1 aromatic rings. The van der Waals surface area contributed by atoms with Crippen LogP contribution in [0.3, 0.4) is 0 Å². The molecule has 106 valence electrons. The first-order valence-corrected chi connectivity index (χ1v) is 5.78. The molecule has 0 heterocycles. The van der Waals surface area contributed by atoms with Gasteiger partial charge in [0.2, 0.25) is 0 Å². The molecule has 5 nitrogen and oxygen atoms in total. The van der Waals surface area contributed by atoms with Gasteiger partial charge >= 0.3 is 0 Å². The average Bonchev–Trinajstić information content (AvgIpc) is 2.38. The first-order chi connectivity index (χ1) is 9.07. The lowest BCUT2D eigenvalue weighted by molar-refractivity contribution is 0.0864. The van der Waals surface area contributed by atoms with Crippen molar-refractivity contribution in [3.05, 3.63) is 29.3 Å². The number of anilines is 1. The summed E-state index contributed by atoms with van der Waals surface area (Å²) in [6.07, 6.45) is 0.470. The second kappa shape index (κ2) is 7.65. The Morgan fingerprint density at radius 1 is 1.37 bits per heavy atom. The molecule has 7 heteroatoms. The third-order valence-electron chi connectivity index (χ3n) is 2.33. The minimum Gasteiger partial charge on any atom is -0.396 e. The Kier molecular flexibility index (Phi) is 6.17. The van der Waals surface area contributed by atoms with E-state index >= 15 is 0 Å². The number of benzene rings is 1. The number of nitrogens with two attached hydrogens (primary N) is 1. The van der Waals surface area contributed by atoms with Crippen LogP contribution >= 0.6 is 0 Å². The molecule has 0 aliphatic heterocycles. The fourth-order valence-corrected chi connectivity index (χ4v) is 1.41. The normalized spacial score (nSPS) is 10.5. The number of nitrogens with one attached hydrogen (secondary N) is 1. The summed E-state index contributed by atoms with van der Waals surface area (Å²) >= 11 is 0. The molecule has 0 atom stereocenters. The first-order valence-electron chi connectivity index (χ1n) is 5.78. The molecule has 0 fully saturated rings. The second-order valence-corrected chi connectivity index (χ2v) is 3.77. The van der Waals surface area contributed by atoms with Crippen molar-refractivity contribution < 1.29 is 23.4 Å². The van der Waals surface area contributed by atoms with E-state index in [9.17, 15) is 13.6 Å². The molecule has 1 rings (SSSR count). The molecule has 0 aliphatic rings. The Hall–Kier alpha value is -1.73. The molecule has 1 aromatic carbocycles. The summed E-state index contributed by atoms with van der Waals surface area (Å²) in [6.45, 7) is 0.680. The number of carbonyl (C=O) groups excluding carboxylic acids is 1. The molecule has 0 aromatic heterocycles.